The Kier molecular flexibility index (Phi) is 10.1. The molecule has 0 bridgehead atoms. The number of amides is 2. The molecule has 1 N–H and O–H groups in total. The summed E-state index contributed by atoms with van der Waals surface area (Å²) in [7, 11) is 4.56. The van der Waals surface area contributed by atoms with Gasteiger partial charge in [-0.2, -0.15) is 0 Å². The van der Waals surface area contributed by atoms with Crippen molar-refractivity contribution in [1.29, 1.82) is 0 Å². The van der Waals surface area contributed by atoms with Gasteiger partial charge in [-0.1, -0.05) is 81.9 Å². The minimum atomic E-state index is -0.137. The van der Waals surface area contributed by atoms with Crippen LogP contribution >= 0.6 is 23.2 Å². The number of halogens is 2. The Bertz CT molecular complexity index is 1200. The second-order valence-electron chi connectivity index (χ2n) is 11.0. The number of quaternary nitrogens is 1. The number of hydrogen-bond donors (Lipinski definition) is 1. The van der Waals surface area contributed by atoms with Crippen molar-refractivity contribution in [2.45, 2.75) is 53.6 Å². The number of carbonyl (C=O) groups is 1. The fourth-order valence-corrected chi connectivity index (χ4v) is 5.28. The van der Waals surface area contributed by atoms with Gasteiger partial charge in [0.15, 0.2) is 0 Å². The van der Waals surface area contributed by atoms with E-state index in [0.717, 1.165) is 36.0 Å². The first-order valence-corrected chi connectivity index (χ1v) is 13.6. The van der Waals surface area contributed by atoms with E-state index in [2.05, 4.69) is 83.5 Å². The summed E-state index contributed by atoms with van der Waals surface area (Å²) in [6.07, 6.45) is 1.95. The molecule has 0 aliphatic heterocycles. The predicted molar refractivity (Wildman–Crippen MR) is 158 cm³/mol. The zero-order valence-electron chi connectivity index (χ0n) is 23.0. The van der Waals surface area contributed by atoms with Crippen molar-refractivity contribution in [3.05, 3.63) is 98.0 Å². The predicted octanol–water partition coefficient (Wildman–Crippen LogP) is 8.32. The highest BCUT2D eigenvalue weighted by molar-refractivity contribution is 6.42. The van der Waals surface area contributed by atoms with Gasteiger partial charge in [-0.25, -0.2) is 4.79 Å². The van der Waals surface area contributed by atoms with Crippen molar-refractivity contribution in [3.8, 4) is 0 Å². The Morgan fingerprint density at radius 2 is 1.35 bits per heavy atom. The van der Waals surface area contributed by atoms with Gasteiger partial charge in [0.25, 0.3) is 0 Å². The van der Waals surface area contributed by atoms with E-state index in [9.17, 15) is 4.79 Å². The highest BCUT2D eigenvalue weighted by Gasteiger charge is 2.19. The van der Waals surface area contributed by atoms with Gasteiger partial charge in [0, 0.05) is 24.3 Å². The van der Waals surface area contributed by atoms with Crippen LogP contribution in [0.4, 0.5) is 10.5 Å². The lowest BCUT2D eigenvalue weighted by Crippen LogP contribution is -2.40. The number of nitrogens with zero attached hydrogens (tertiary/aromatic N) is 2. The number of unbranched alkanes of at least 4 members (excludes halogenated alkanes) is 1. The number of nitrogens with one attached hydrogen (secondary N) is 1. The standard InChI is InChI=1S/C31H39Cl2N3O/c1-22-13-23(2)16-26(15-22)20-35(31(37)34-28-9-10-29(32)30(33)19-28)11-7-8-12-36(5,6)21-27-17-24(3)14-25(4)18-27/h9-10,13-19H,7-8,11-12,20-21H2,1-6H3/p+1. The smallest absolute Gasteiger partial charge is 0.322 e. The summed E-state index contributed by atoms with van der Waals surface area (Å²) in [5.74, 6) is 0. The van der Waals surface area contributed by atoms with E-state index in [-0.39, 0.29) is 6.03 Å². The zero-order chi connectivity index (χ0) is 27.2. The van der Waals surface area contributed by atoms with E-state index in [1.807, 2.05) is 4.90 Å². The summed E-state index contributed by atoms with van der Waals surface area (Å²) in [4.78, 5) is 15.2. The summed E-state index contributed by atoms with van der Waals surface area (Å²) in [6, 6.07) is 18.3. The van der Waals surface area contributed by atoms with Gasteiger partial charge in [0.05, 0.1) is 30.7 Å². The quantitative estimate of drug-likeness (QED) is 0.203. The third-order valence-corrected chi connectivity index (χ3v) is 7.19. The van der Waals surface area contributed by atoms with Gasteiger partial charge < -0.3 is 14.7 Å². The number of hydrogen-bond acceptors (Lipinski definition) is 1. The average molecular weight is 542 g/mol. The summed E-state index contributed by atoms with van der Waals surface area (Å²) in [5.41, 5.74) is 8.16. The summed E-state index contributed by atoms with van der Waals surface area (Å²) < 4.78 is 0.912. The first-order chi connectivity index (χ1) is 17.4. The number of carbonyl (C=O) groups excluding carboxylic acids is 1. The molecule has 4 nitrogen and oxygen atoms in total. The minimum Gasteiger partial charge on any atom is -0.325 e. The molecule has 0 heterocycles. The molecular weight excluding hydrogens is 501 g/mol. The molecule has 0 aliphatic rings. The van der Waals surface area contributed by atoms with Crippen LogP contribution in [0.3, 0.4) is 0 Å². The van der Waals surface area contributed by atoms with Gasteiger partial charge in [0.2, 0.25) is 0 Å². The minimum absolute atomic E-state index is 0.137. The van der Waals surface area contributed by atoms with Crippen molar-refractivity contribution in [1.82, 2.24) is 4.90 Å². The lowest BCUT2D eigenvalue weighted by molar-refractivity contribution is -0.903. The SMILES string of the molecule is Cc1cc(C)cc(CN(CCCC[N+](C)(C)Cc2cc(C)cc(C)c2)C(=O)Nc2ccc(Cl)c(Cl)c2)c1. The third kappa shape index (κ3) is 9.37. The second kappa shape index (κ2) is 12.8. The largest absolute Gasteiger partial charge is 0.325 e. The number of urea groups is 1. The number of aryl methyl sites for hydroxylation is 4. The monoisotopic (exact) mass is 540 g/mol. The van der Waals surface area contributed by atoms with Crippen molar-refractivity contribution in [2.24, 2.45) is 0 Å². The van der Waals surface area contributed by atoms with E-state index >= 15 is 0 Å². The molecule has 6 heteroatoms. The number of benzene rings is 3. The molecule has 2 amide bonds. The molecule has 0 radical (unpaired) electrons. The molecule has 198 valence electrons. The first kappa shape index (κ1) is 29.0. The molecule has 3 rings (SSSR count). The lowest BCUT2D eigenvalue weighted by atomic mass is 10.1. The van der Waals surface area contributed by atoms with Gasteiger partial charge in [0.1, 0.15) is 6.54 Å². The van der Waals surface area contributed by atoms with Crippen LogP contribution in [0.25, 0.3) is 0 Å². The van der Waals surface area contributed by atoms with E-state index < -0.39 is 0 Å². The molecule has 0 saturated carbocycles. The van der Waals surface area contributed by atoms with Crippen LogP contribution < -0.4 is 5.32 Å². The van der Waals surface area contributed by atoms with Crippen LogP contribution in [0.15, 0.2) is 54.6 Å². The van der Waals surface area contributed by atoms with Crippen LogP contribution in [0.2, 0.25) is 10.0 Å². The molecule has 0 aromatic heterocycles. The van der Waals surface area contributed by atoms with Gasteiger partial charge >= 0.3 is 6.03 Å². The van der Waals surface area contributed by atoms with Gasteiger partial charge in [-0.15, -0.1) is 0 Å². The number of anilines is 1. The van der Waals surface area contributed by atoms with Crippen molar-refractivity contribution < 1.29 is 9.28 Å². The molecular formula is C31H40Cl2N3O+. The van der Waals surface area contributed by atoms with Crippen LogP contribution in [0, 0.1) is 27.7 Å². The van der Waals surface area contributed by atoms with Crippen molar-refractivity contribution >= 4 is 34.9 Å². The molecule has 3 aromatic rings. The van der Waals surface area contributed by atoms with Gasteiger partial charge in [-0.3, -0.25) is 0 Å². The Morgan fingerprint density at radius 1 is 0.784 bits per heavy atom. The maximum absolute atomic E-state index is 13.3. The van der Waals surface area contributed by atoms with Crippen molar-refractivity contribution in [3.63, 3.8) is 0 Å². The molecule has 0 aliphatic carbocycles. The Morgan fingerprint density at radius 3 is 1.92 bits per heavy atom. The summed E-state index contributed by atoms with van der Waals surface area (Å²) in [6.45, 7) is 11.7. The molecule has 0 atom stereocenters. The molecule has 0 unspecified atom stereocenters. The van der Waals surface area contributed by atoms with Crippen LogP contribution in [0.5, 0.6) is 0 Å². The van der Waals surface area contributed by atoms with E-state index in [1.54, 1.807) is 18.2 Å². The maximum atomic E-state index is 13.3. The molecule has 37 heavy (non-hydrogen) atoms. The molecule has 0 saturated heterocycles. The van der Waals surface area contributed by atoms with Crippen LogP contribution in [-0.2, 0) is 13.1 Å². The third-order valence-electron chi connectivity index (χ3n) is 6.45. The van der Waals surface area contributed by atoms with Crippen LogP contribution in [-0.4, -0.2) is 42.6 Å². The van der Waals surface area contributed by atoms with E-state index in [0.29, 0.717) is 28.8 Å². The Balaban J connectivity index is 1.64. The topological polar surface area (TPSA) is 32.3 Å². The Labute approximate surface area is 232 Å². The molecule has 0 spiro atoms. The fourth-order valence-electron chi connectivity index (χ4n) is 4.99. The highest BCUT2D eigenvalue weighted by Crippen LogP contribution is 2.25. The van der Waals surface area contributed by atoms with Crippen molar-refractivity contribution in [2.75, 3.05) is 32.5 Å². The lowest BCUT2D eigenvalue weighted by Gasteiger charge is -2.31. The molecule has 3 aromatic carbocycles. The zero-order valence-corrected chi connectivity index (χ0v) is 24.5. The van der Waals surface area contributed by atoms with Crippen LogP contribution in [0.1, 0.15) is 46.2 Å². The summed E-state index contributed by atoms with van der Waals surface area (Å²) >= 11 is 12.2. The summed E-state index contributed by atoms with van der Waals surface area (Å²) in [5, 5.41) is 3.89. The molecule has 0 fully saturated rings. The number of rotatable bonds is 10. The fraction of sp³-hybridized carbons (Fsp3) is 0.387. The normalized spacial score (nSPS) is 11.5. The van der Waals surface area contributed by atoms with Gasteiger partial charge in [-0.05, 0) is 64.3 Å². The Hall–Kier alpha value is -2.53. The average Bonchev–Trinajstić information content (AvgIpc) is 2.76. The maximum Gasteiger partial charge on any atom is 0.322 e. The van der Waals surface area contributed by atoms with E-state index in [4.69, 9.17) is 23.2 Å². The first-order valence-electron chi connectivity index (χ1n) is 12.9. The highest BCUT2D eigenvalue weighted by atomic mass is 35.5. The van der Waals surface area contributed by atoms with E-state index in [1.165, 1.54) is 27.8 Å². The second-order valence-corrected chi connectivity index (χ2v) is 11.8.